The number of aryl methyl sites for hydroxylation is 1. The number of anilines is 1. The summed E-state index contributed by atoms with van der Waals surface area (Å²) in [6.45, 7) is 2.77. The molecule has 0 aliphatic heterocycles. The first-order valence-corrected chi connectivity index (χ1v) is 9.54. The van der Waals surface area contributed by atoms with Crippen LogP contribution in [0.3, 0.4) is 0 Å². The third kappa shape index (κ3) is 7.52. The molecule has 0 saturated heterocycles. The molecule has 0 radical (unpaired) electrons. The average Bonchev–Trinajstić information content (AvgIpc) is 2.63. The maximum Gasteiger partial charge on any atom is 0.234 e. The zero-order valence-electron chi connectivity index (χ0n) is 14.8. The molecule has 2 rings (SSSR count). The molecule has 0 saturated carbocycles. The summed E-state index contributed by atoms with van der Waals surface area (Å²) < 4.78 is 10.8. The molecular weight excluding hydrogens is 334 g/mol. The van der Waals surface area contributed by atoms with Crippen molar-refractivity contribution in [3.05, 3.63) is 54.1 Å². The van der Waals surface area contributed by atoms with Crippen LogP contribution in [0.15, 0.2) is 48.5 Å². The number of benzene rings is 2. The molecule has 0 unspecified atom stereocenters. The highest BCUT2D eigenvalue weighted by Gasteiger charge is 2.03. The molecule has 25 heavy (non-hydrogen) atoms. The molecule has 0 fully saturated rings. The summed E-state index contributed by atoms with van der Waals surface area (Å²) >= 11 is 1.64. The van der Waals surface area contributed by atoms with E-state index in [-0.39, 0.29) is 5.91 Å². The Kier molecular flexibility index (Phi) is 8.19. The van der Waals surface area contributed by atoms with E-state index in [1.165, 1.54) is 5.56 Å². The summed E-state index contributed by atoms with van der Waals surface area (Å²) in [5, 5.41) is 2.88. The Balaban J connectivity index is 1.51. The van der Waals surface area contributed by atoms with Gasteiger partial charge in [0.1, 0.15) is 11.5 Å². The van der Waals surface area contributed by atoms with E-state index < -0.39 is 0 Å². The monoisotopic (exact) mass is 359 g/mol. The fourth-order valence-corrected chi connectivity index (χ4v) is 2.98. The largest absolute Gasteiger partial charge is 0.497 e. The number of unbranched alkanes of at least 4 members (excludes halogenated alkanes) is 1. The molecule has 1 N–H and O–H groups in total. The first kappa shape index (κ1) is 19.2. The molecule has 0 aliphatic rings. The number of methoxy groups -OCH3 is 1. The van der Waals surface area contributed by atoms with Crippen molar-refractivity contribution in [2.24, 2.45) is 0 Å². The van der Waals surface area contributed by atoms with E-state index in [1.54, 1.807) is 18.9 Å². The summed E-state index contributed by atoms with van der Waals surface area (Å²) in [7, 11) is 1.62. The van der Waals surface area contributed by atoms with Crippen LogP contribution in [0, 0.1) is 6.92 Å². The molecule has 0 aromatic heterocycles. The van der Waals surface area contributed by atoms with Gasteiger partial charge in [0.05, 0.1) is 19.5 Å². The predicted molar refractivity (Wildman–Crippen MR) is 105 cm³/mol. The number of thioether (sulfide) groups is 1. The normalized spacial score (nSPS) is 10.3. The lowest BCUT2D eigenvalue weighted by molar-refractivity contribution is -0.113. The molecule has 0 spiro atoms. The number of ether oxygens (including phenoxy) is 2. The van der Waals surface area contributed by atoms with Gasteiger partial charge in [0.25, 0.3) is 0 Å². The van der Waals surface area contributed by atoms with Crippen LogP contribution in [-0.2, 0) is 4.79 Å². The summed E-state index contributed by atoms with van der Waals surface area (Å²) in [5.74, 6) is 3.13. The Morgan fingerprint density at radius 1 is 1.00 bits per heavy atom. The van der Waals surface area contributed by atoms with Crippen molar-refractivity contribution < 1.29 is 14.3 Å². The highest BCUT2D eigenvalue weighted by molar-refractivity contribution is 7.99. The average molecular weight is 359 g/mol. The lowest BCUT2D eigenvalue weighted by Gasteiger charge is -2.07. The molecule has 0 heterocycles. The lowest BCUT2D eigenvalue weighted by atomic mass is 10.2. The van der Waals surface area contributed by atoms with Crippen molar-refractivity contribution in [3.8, 4) is 11.5 Å². The van der Waals surface area contributed by atoms with Gasteiger partial charge in [-0.1, -0.05) is 17.7 Å². The molecule has 1 amide bonds. The second-order valence-corrected chi connectivity index (χ2v) is 6.80. The Labute approximate surface area is 153 Å². The topological polar surface area (TPSA) is 47.6 Å². The molecule has 0 aliphatic carbocycles. The van der Waals surface area contributed by atoms with Crippen molar-refractivity contribution in [3.63, 3.8) is 0 Å². The fraction of sp³-hybridized carbons (Fsp3) is 0.350. The highest BCUT2D eigenvalue weighted by Crippen LogP contribution is 2.16. The number of carbonyl (C=O) groups excluding carboxylic acids is 1. The van der Waals surface area contributed by atoms with Crippen molar-refractivity contribution >= 4 is 23.4 Å². The minimum absolute atomic E-state index is 0.0195. The molecule has 2 aromatic rings. The van der Waals surface area contributed by atoms with Gasteiger partial charge in [-0.05, 0) is 61.9 Å². The smallest absolute Gasteiger partial charge is 0.234 e. The van der Waals surface area contributed by atoms with Crippen molar-refractivity contribution in [2.45, 2.75) is 19.8 Å². The van der Waals surface area contributed by atoms with E-state index in [0.29, 0.717) is 12.4 Å². The molecule has 134 valence electrons. The van der Waals surface area contributed by atoms with Gasteiger partial charge in [0, 0.05) is 5.69 Å². The zero-order chi connectivity index (χ0) is 17.9. The van der Waals surface area contributed by atoms with Crippen LogP contribution in [0.25, 0.3) is 0 Å². The third-order valence-corrected chi connectivity index (χ3v) is 4.62. The zero-order valence-corrected chi connectivity index (χ0v) is 15.6. The standard InChI is InChI=1S/C20H25NO3S/c1-16-5-9-19(10-6-16)24-13-3-4-14-25-15-20(22)21-17-7-11-18(23-2)12-8-17/h5-12H,3-4,13-15H2,1-2H3,(H,21,22). The Morgan fingerprint density at radius 3 is 2.36 bits per heavy atom. The Bertz CT molecular complexity index is 641. The van der Waals surface area contributed by atoms with Gasteiger partial charge >= 0.3 is 0 Å². The SMILES string of the molecule is COc1ccc(NC(=O)CSCCCCOc2ccc(C)cc2)cc1. The molecule has 0 bridgehead atoms. The van der Waals surface area contributed by atoms with E-state index in [9.17, 15) is 4.79 Å². The van der Waals surface area contributed by atoms with Crippen LogP contribution in [-0.4, -0.2) is 31.1 Å². The van der Waals surface area contributed by atoms with Crippen LogP contribution < -0.4 is 14.8 Å². The number of hydrogen-bond acceptors (Lipinski definition) is 4. The van der Waals surface area contributed by atoms with Crippen LogP contribution in [0.1, 0.15) is 18.4 Å². The quantitative estimate of drug-likeness (QED) is 0.633. The first-order valence-electron chi connectivity index (χ1n) is 8.38. The summed E-state index contributed by atoms with van der Waals surface area (Å²) in [5.41, 5.74) is 2.02. The number of carbonyl (C=O) groups is 1. The van der Waals surface area contributed by atoms with Gasteiger partial charge in [-0.2, -0.15) is 11.8 Å². The number of nitrogens with one attached hydrogen (secondary N) is 1. The van der Waals surface area contributed by atoms with Gasteiger partial charge < -0.3 is 14.8 Å². The second-order valence-electron chi connectivity index (χ2n) is 5.70. The van der Waals surface area contributed by atoms with E-state index in [0.717, 1.165) is 35.8 Å². The molecule has 2 aromatic carbocycles. The van der Waals surface area contributed by atoms with E-state index >= 15 is 0 Å². The van der Waals surface area contributed by atoms with Crippen LogP contribution >= 0.6 is 11.8 Å². The van der Waals surface area contributed by atoms with Crippen molar-refractivity contribution in [1.29, 1.82) is 0 Å². The van der Waals surface area contributed by atoms with Gasteiger partial charge in [-0.25, -0.2) is 0 Å². The van der Waals surface area contributed by atoms with Gasteiger partial charge in [-0.15, -0.1) is 0 Å². The predicted octanol–water partition coefficient (Wildman–Crippen LogP) is 4.53. The van der Waals surface area contributed by atoms with Gasteiger partial charge in [0.2, 0.25) is 5.91 Å². The van der Waals surface area contributed by atoms with E-state index in [4.69, 9.17) is 9.47 Å². The molecule has 5 heteroatoms. The minimum Gasteiger partial charge on any atom is -0.497 e. The second kappa shape index (κ2) is 10.7. The molecule has 4 nitrogen and oxygen atoms in total. The first-order chi connectivity index (χ1) is 12.2. The summed E-state index contributed by atoms with van der Waals surface area (Å²) in [6, 6.07) is 15.4. The van der Waals surface area contributed by atoms with Gasteiger partial charge in [-0.3, -0.25) is 4.79 Å². The minimum atomic E-state index is 0.0195. The van der Waals surface area contributed by atoms with Crippen LogP contribution in [0.4, 0.5) is 5.69 Å². The Morgan fingerprint density at radius 2 is 1.68 bits per heavy atom. The maximum atomic E-state index is 11.9. The van der Waals surface area contributed by atoms with Crippen molar-refractivity contribution in [1.82, 2.24) is 0 Å². The molecular formula is C20H25NO3S. The fourth-order valence-electron chi connectivity index (χ4n) is 2.17. The summed E-state index contributed by atoms with van der Waals surface area (Å²) in [4.78, 5) is 11.9. The summed E-state index contributed by atoms with van der Waals surface area (Å²) in [6.07, 6.45) is 2.02. The number of amides is 1. The van der Waals surface area contributed by atoms with Crippen LogP contribution in [0.5, 0.6) is 11.5 Å². The van der Waals surface area contributed by atoms with E-state index in [1.807, 2.05) is 48.5 Å². The maximum absolute atomic E-state index is 11.9. The Hall–Kier alpha value is -2.14. The number of hydrogen-bond donors (Lipinski definition) is 1. The third-order valence-electron chi connectivity index (χ3n) is 3.58. The van der Waals surface area contributed by atoms with Crippen LogP contribution in [0.2, 0.25) is 0 Å². The highest BCUT2D eigenvalue weighted by atomic mass is 32.2. The van der Waals surface area contributed by atoms with Crippen molar-refractivity contribution in [2.75, 3.05) is 30.5 Å². The van der Waals surface area contributed by atoms with E-state index in [2.05, 4.69) is 12.2 Å². The number of rotatable bonds is 10. The molecule has 0 atom stereocenters. The van der Waals surface area contributed by atoms with Gasteiger partial charge in [0.15, 0.2) is 0 Å². The lowest BCUT2D eigenvalue weighted by Crippen LogP contribution is -2.14.